The molecule has 0 saturated heterocycles. The second-order valence-corrected chi connectivity index (χ2v) is 9.88. The maximum atomic E-state index is 12.7. The summed E-state index contributed by atoms with van der Waals surface area (Å²) in [4.78, 5) is 17.5. The first-order valence-corrected chi connectivity index (χ1v) is 12.4. The van der Waals surface area contributed by atoms with Crippen LogP contribution in [-0.4, -0.2) is 20.7 Å². The van der Waals surface area contributed by atoms with Gasteiger partial charge in [0.2, 0.25) is 11.0 Å². The molecule has 0 radical (unpaired) electrons. The molecule has 3 heterocycles. The van der Waals surface area contributed by atoms with E-state index in [1.165, 1.54) is 5.56 Å². The number of aromatic nitrogens is 3. The van der Waals surface area contributed by atoms with Crippen LogP contribution in [0.25, 0.3) is 15.3 Å². The summed E-state index contributed by atoms with van der Waals surface area (Å²) in [5.41, 5.74) is 6.28. The normalized spacial score (nSPS) is 15.1. The van der Waals surface area contributed by atoms with Crippen LogP contribution in [0.3, 0.4) is 0 Å². The highest BCUT2D eigenvalue weighted by atomic mass is 32.1. The number of carbonyl (C=O) groups is 1. The molecule has 6 nitrogen and oxygen atoms in total. The second-order valence-electron chi connectivity index (χ2n) is 8.88. The van der Waals surface area contributed by atoms with Gasteiger partial charge in [-0.05, 0) is 49.2 Å². The fourth-order valence-corrected chi connectivity index (χ4v) is 5.61. The number of hydrogen-bond acceptors (Lipinski definition) is 5. The van der Waals surface area contributed by atoms with Crippen LogP contribution in [0.5, 0.6) is 5.75 Å². The highest BCUT2D eigenvalue weighted by Gasteiger charge is 2.33. The van der Waals surface area contributed by atoms with E-state index >= 15 is 0 Å². The van der Waals surface area contributed by atoms with E-state index in [-0.39, 0.29) is 11.8 Å². The number of hydrogen-bond donors (Lipinski definition) is 1. The van der Waals surface area contributed by atoms with Gasteiger partial charge in [0.05, 0.1) is 15.9 Å². The number of fused-ring (bicyclic) bond motifs is 2. The number of carbonyl (C=O) groups excluding carboxylic acids is 1. The molecule has 7 heteroatoms. The Labute approximate surface area is 207 Å². The van der Waals surface area contributed by atoms with E-state index in [0.29, 0.717) is 18.8 Å². The Balaban J connectivity index is 1.29. The number of para-hydroxylation sites is 1. The first-order valence-electron chi connectivity index (χ1n) is 11.6. The van der Waals surface area contributed by atoms with Crippen molar-refractivity contribution in [2.75, 3.05) is 5.32 Å². The molecule has 0 bridgehead atoms. The summed E-state index contributed by atoms with van der Waals surface area (Å²) in [5.74, 6) is 1.41. The average Bonchev–Trinajstić information content (AvgIpc) is 3.43. The molecular weight excluding hydrogens is 456 g/mol. The lowest BCUT2D eigenvalue weighted by molar-refractivity contribution is -0.116. The minimum absolute atomic E-state index is 0.0236. The van der Waals surface area contributed by atoms with Gasteiger partial charge in [0.25, 0.3) is 0 Å². The first-order chi connectivity index (χ1) is 17.0. The van der Waals surface area contributed by atoms with Gasteiger partial charge in [-0.25, -0.2) is 4.98 Å². The van der Waals surface area contributed by atoms with Crippen LogP contribution in [0.15, 0.2) is 72.8 Å². The maximum Gasteiger partial charge on any atom is 0.226 e. The summed E-state index contributed by atoms with van der Waals surface area (Å²) >= 11 is 1.56. The Kier molecular flexibility index (Phi) is 5.34. The molecule has 1 aliphatic heterocycles. The third-order valence-electron chi connectivity index (χ3n) is 6.34. The molecule has 35 heavy (non-hydrogen) atoms. The highest BCUT2D eigenvalue weighted by molar-refractivity contribution is 7.20. The molecule has 1 N–H and O–H groups in total. The molecule has 1 atom stereocenters. The monoisotopic (exact) mass is 480 g/mol. The lowest BCUT2D eigenvalue weighted by Crippen LogP contribution is -2.24. The molecule has 0 saturated carbocycles. The van der Waals surface area contributed by atoms with Gasteiger partial charge in [-0.1, -0.05) is 65.4 Å². The van der Waals surface area contributed by atoms with E-state index in [2.05, 4.69) is 30.4 Å². The molecule has 1 unspecified atom stereocenters. The summed E-state index contributed by atoms with van der Waals surface area (Å²) < 4.78 is 8.86. The van der Waals surface area contributed by atoms with Crippen LogP contribution < -0.4 is 10.1 Å². The molecular formula is C28H24N4O2S. The van der Waals surface area contributed by atoms with Crippen molar-refractivity contribution in [3.05, 3.63) is 101 Å². The van der Waals surface area contributed by atoms with Crippen molar-refractivity contribution in [1.29, 1.82) is 0 Å². The predicted octanol–water partition coefficient (Wildman–Crippen LogP) is 6.15. The van der Waals surface area contributed by atoms with Gasteiger partial charge >= 0.3 is 0 Å². The first kappa shape index (κ1) is 21.6. The minimum atomic E-state index is -0.0762. The average molecular weight is 481 g/mol. The fraction of sp³-hybridized carbons (Fsp3) is 0.179. The van der Waals surface area contributed by atoms with Crippen molar-refractivity contribution < 1.29 is 9.53 Å². The summed E-state index contributed by atoms with van der Waals surface area (Å²) in [7, 11) is 0. The molecule has 1 amide bonds. The number of anilines is 1. The molecule has 5 aromatic rings. The largest absolute Gasteiger partial charge is 0.489 e. The van der Waals surface area contributed by atoms with Crippen molar-refractivity contribution in [3.8, 4) is 10.9 Å². The van der Waals surface area contributed by atoms with E-state index in [4.69, 9.17) is 14.8 Å². The van der Waals surface area contributed by atoms with Gasteiger partial charge in [0.1, 0.15) is 18.2 Å². The van der Waals surface area contributed by atoms with Crippen LogP contribution in [0.4, 0.5) is 5.82 Å². The van der Waals surface area contributed by atoms with E-state index < -0.39 is 0 Å². The Bertz CT molecular complexity index is 1520. The molecule has 0 fully saturated rings. The number of benzene rings is 3. The molecule has 3 aromatic carbocycles. The highest BCUT2D eigenvalue weighted by Crippen LogP contribution is 2.41. The predicted molar refractivity (Wildman–Crippen MR) is 139 cm³/mol. The Morgan fingerprint density at radius 2 is 1.89 bits per heavy atom. The second kappa shape index (κ2) is 8.67. The van der Waals surface area contributed by atoms with Gasteiger partial charge in [0, 0.05) is 17.9 Å². The zero-order chi connectivity index (χ0) is 23.9. The van der Waals surface area contributed by atoms with Gasteiger partial charge in [-0.3, -0.25) is 4.79 Å². The van der Waals surface area contributed by atoms with Gasteiger partial charge in [-0.15, -0.1) is 0 Å². The summed E-state index contributed by atoms with van der Waals surface area (Å²) in [6.45, 7) is 4.59. The third-order valence-corrected chi connectivity index (χ3v) is 7.35. The standard InChI is InChI=1S/C28H24N4O2S/c1-17-6-5-7-19(14-17)16-34-21-12-10-20(11-13-21)22-15-25(33)30-27-26(22)18(2)31-32(27)28-29-23-8-3-4-9-24(23)35-28/h3-14,22H,15-16H2,1-2H3,(H,30,33). The van der Waals surface area contributed by atoms with Crippen LogP contribution in [0, 0.1) is 13.8 Å². The van der Waals surface area contributed by atoms with Crippen LogP contribution in [0.2, 0.25) is 0 Å². The lowest BCUT2D eigenvalue weighted by Gasteiger charge is -2.24. The number of nitrogens with one attached hydrogen (secondary N) is 1. The van der Waals surface area contributed by atoms with Crippen molar-refractivity contribution in [2.24, 2.45) is 0 Å². The number of amides is 1. The summed E-state index contributed by atoms with van der Waals surface area (Å²) in [6, 6.07) is 24.4. The maximum absolute atomic E-state index is 12.7. The molecule has 6 rings (SSSR count). The lowest BCUT2D eigenvalue weighted by atomic mass is 9.86. The molecule has 2 aromatic heterocycles. The molecule has 1 aliphatic rings. The van der Waals surface area contributed by atoms with Crippen molar-refractivity contribution >= 4 is 33.3 Å². The van der Waals surface area contributed by atoms with Crippen LogP contribution in [0.1, 0.15) is 40.3 Å². The quantitative estimate of drug-likeness (QED) is 0.327. The van der Waals surface area contributed by atoms with Gasteiger partial charge in [0.15, 0.2) is 0 Å². The number of thiazole rings is 1. The molecule has 0 spiro atoms. The zero-order valence-electron chi connectivity index (χ0n) is 19.5. The fourth-order valence-electron chi connectivity index (χ4n) is 4.69. The van der Waals surface area contributed by atoms with Crippen molar-refractivity contribution in [3.63, 3.8) is 0 Å². The Hall–Kier alpha value is -3.97. The minimum Gasteiger partial charge on any atom is -0.489 e. The molecule has 174 valence electrons. The van der Waals surface area contributed by atoms with E-state index in [0.717, 1.165) is 43.5 Å². The smallest absolute Gasteiger partial charge is 0.226 e. The zero-order valence-corrected chi connectivity index (χ0v) is 20.3. The van der Waals surface area contributed by atoms with Gasteiger partial charge in [-0.2, -0.15) is 9.78 Å². The Morgan fingerprint density at radius 1 is 1.06 bits per heavy atom. The van der Waals surface area contributed by atoms with E-state index in [1.54, 1.807) is 16.0 Å². The van der Waals surface area contributed by atoms with E-state index in [1.807, 2.05) is 61.5 Å². The Morgan fingerprint density at radius 3 is 2.69 bits per heavy atom. The topological polar surface area (TPSA) is 69.0 Å². The van der Waals surface area contributed by atoms with Crippen LogP contribution >= 0.6 is 11.3 Å². The summed E-state index contributed by atoms with van der Waals surface area (Å²) in [6.07, 6.45) is 0.378. The number of nitrogens with zero attached hydrogens (tertiary/aromatic N) is 3. The third kappa shape index (κ3) is 4.08. The van der Waals surface area contributed by atoms with Crippen molar-refractivity contribution in [1.82, 2.24) is 14.8 Å². The summed E-state index contributed by atoms with van der Waals surface area (Å²) in [5, 5.41) is 8.58. The number of rotatable bonds is 5. The number of ether oxygens (including phenoxy) is 1. The molecule has 0 aliphatic carbocycles. The number of aryl methyl sites for hydroxylation is 2. The van der Waals surface area contributed by atoms with Gasteiger partial charge < -0.3 is 10.1 Å². The van der Waals surface area contributed by atoms with Crippen molar-refractivity contribution in [2.45, 2.75) is 32.8 Å². The van der Waals surface area contributed by atoms with Crippen LogP contribution in [-0.2, 0) is 11.4 Å². The SMILES string of the molecule is Cc1cccc(COc2ccc(C3CC(=O)Nc4c3c(C)nn4-c3nc4ccccc4s3)cc2)c1. The van der Waals surface area contributed by atoms with E-state index in [9.17, 15) is 4.79 Å².